The Balaban J connectivity index is 2.07. The van der Waals surface area contributed by atoms with Crippen molar-refractivity contribution in [1.82, 2.24) is 4.90 Å². The van der Waals surface area contributed by atoms with Gasteiger partial charge in [0.15, 0.2) is 0 Å². The zero-order valence-electron chi connectivity index (χ0n) is 11.4. The highest BCUT2D eigenvalue weighted by atomic mass is 79.9. The Bertz CT molecular complexity index is 448. The summed E-state index contributed by atoms with van der Waals surface area (Å²) >= 11 is 3.49. The van der Waals surface area contributed by atoms with Crippen LogP contribution in [0.3, 0.4) is 0 Å². The van der Waals surface area contributed by atoms with Crippen molar-refractivity contribution < 1.29 is 9.53 Å². The van der Waals surface area contributed by atoms with E-state index in [1.165, 1.54) is 0 Å². The number of rotatable bonds is 4. The number of benzene rings is 1. The molecule has 0 aromatic heterocycles. The molecule has 0 spiro atoms. The first-order valence-corrected chi connectivity index (χ1v) is 7.84. The molecule has 1 amide bonds. The second-order valence-electron chi connectivity index (χ2n) is 5.25. The standard InChI is InChI=1S/C15H20BrNO2/c1-11(2)19-14-5-3-4-13(8-14)15(18)17-7-6-12(9-16)10-17/h3-5,8,11-12H,6-7,9-10H2,1-2H3. The number of hydrogen-bond donors (Lipinski definition) is 0. The van der Waals surface area contributed by atoms with Gasteiger partial charge in [-0.25, -0.2) is 0 Å². The van der Waals surface area contributed by atoms with Crippen LogP contribution in [0, 0.1) is 5.92 Å². The number of hydrogen-bond acceptors (Lipinski definition) is 2. The molecule has 0 bridgehead atoms. The third-order valence-corrected chi connectivity index (χ3v) is 4.16. The number of halogens is 1. The Morgan fingerprint density at radius 2 is 2.32 bits per heavy atom. The van der Waals surface area contributed by atoms with Crippen molar-refractivity contribution in [3.05, 3.63) is 29.8 Å². The lowest BCUT2D eigenvalue weighted by Crippen LogP contribution is -2.28. The third kappa shape index (κ3) is 3.72. The summed E-state index contributed by atoms with van der Waals surface area (Å²) in [6.07, 6.45) is 1.20. The van der Waals surface area contributed by atoms with Crippen molar-refractivity contribution in [1.29, 1.82) is 0 Å². The first-order chi connectivity index (χ1) is 9.10. The second-order valence-corrected chi connectivity index (χ2v) is 5.90. The van der Waals surface area contributed by atoms with Gasteiger partial charge in [-0.2, -0.15) is 0 Å². The average molecular weight is 326 g/mol. The number of carbonyl (C=O) groups excluding carboxylic acids is 1. The number of nitrogens with zero attached hydrogens (tertiary/aromatic N) is 1. The summed E-state index contributed by atoms with van der Waals surface area (Å²) in [4.78, 5) is 14.3. The molecular formula is C15H20BrNO2. The van der Waals surface area contributed by atoms with Crippen LogP contribution in [-0.2, 0) is 0 Å². The highest BCUT2D eigenvalue weighted by Gasteiger charge is 2.26. The minimum absolute atomic E-state index is 0.109. The Morgan fingerprint density at radius 3 is 2.95 bits per heavy atom. The first kappa shape index (κ1) is 14.4. The monoisotopic (exact) mass is 325 g/mol. The zero-order valence-corrected chi connectivity index (χ0v) is 13.0. The Labute approximate surface area is 123 Å². The molecule has 1 aliphatic heterocycles. The van der Waals surface area contributed by atoms with Crippen molar-refractivity contribution in [2.45, 2.75) is 26.4 Å². The van der Waals surface area contributed by atoms with Gasteiger partial charge >= 0.3 is 0 Å². The molecule has 0 aliphatic carbocycles. The van der Waals surface area contributed by atoms with E-state index in [0.717, 1.165) is 30.6 Å². The fraction of sp³-hybridized carbons (Fsp3) is 0.533. The van der Waals surface area contributed by atoms with Crippen LogP contribution in [-0.4, -0.2) is 35.3 Å². The molecule has 1 aliphatic rings. The largest absolute Gasteiger partial charge is 0.491 e. The maximum absolute atomic E-state index is 12.4. The molecule has 1 aromatic rings. The minimum Gasteiger partial charge on any atom is -0.491 e. The topological polar surface area (TPSA) is 29.5 Å². The summed E-state index contributed by atoms with van der Waals surface area (Å²) in [6, 6.07) is 7.46. The first-order valence-electron chi connectivity index (χ1n) is 6.72. The molecule has 1 fully saturated rings. The van der Waals surface area contributed by atoms with Crippen molar-refractivity contribution in [3.63, 3.8) is 0 Å². The van der Waals surface area contributed by atoms with E-state index in [-0.39, 0.29) is 12.0 Å². The smallest absolute Gasteiger partial charge is 0.253 e. The lowest BCUT2D eigenvalue weighted by molar-refractivity contribution is 0.0787. The van der Waals surface area contributed by atoms with E-state index in [9.17, 15) is 4.79 Å². The van der Waals surface area contributed by atoms with E-state index < -0.39 is 0 Å². The molecule has 0 saturated carbocycles. The number of alkyl halides is 1. The maximum Gasteiger partial charge on any atom is 0.253 e. The highest BCUT2D eigenvalue weighted by molar-refractivity contribution is 9.09. The Hall–Kier alpha value is -1.03. The normalized spacial score (nSPS) is 18.9. The number of carbonyl (C=O) groups is 1. The fourth-order valence-corrected chi connectivity index (χ4v) is 2.83. The van der Waals surface area contributed by atoms with Gasteiger partial charge < -0.3 is 9.64 Å². The van der Waals surface area contributed by atoms with E-state index >= 15 is 0 Å². The Morgan fingerprint density at radius 1 is 1.53 bits per heavy atom. The molecule has 1 atom stereocenters. The quantitative estimate of drug-likeness (QED) is 0.795. The summed E-state index contributed by atoms with van der Waals surface area (Å²) in [5.41, 5.74) is 0.716. The second kappa shape index (κ2) is 6.42. The Kier molecular flexibility index (Phi) is 4.86. The molecule has 104 valence electrons. The number of amides is 1. The van der Waals surface area contributed by atoms with E-state index in [2.05, 4.69) is 15.9 Å². The van der Waals surface area contributed by atoms with Crippen LogP contribution in [0.5, 0.6) is 5.75 Å². The third-order valence-electron chi connectivity index (χ3n) is 3.24. The molecule has 1 heterocycles. The predicted molar refractivity (Wildman–Crippen MR) is 80.0 cm³/mol. The van der Waals surface area contributed by atoms with Crippen molar-refractivity contribution in [3.8, 4) is 5.75 Å². The molecule has 0 radical (unpaired) electrons. The lowest BCUT2D eigenvalue weighted by atomic mass is 10.1. The molecule has 3 nitrogen and oxygen atoms in total. The SMILES string of the molecule is CC(C)Oc1cccc(C(=O)N2CCC(CBr)C2)c1. The van der Waals surface area contributed by atoms with E-state index in [0.29, 0.717) is 11.5 Å². The molecule has 19 heavy (non-hydrogen) atoms. The van der Waals surface area contributed by atoms with Crippen LogP contribution >= 0.6 is 15.9 Å². The van der Waals surface area contributed by atoms with Crippen molar-refractivity contribution >= 4 is 21.8 Å². The van der Waals surface area contributed by atoms with Gasteiger partial charge in [-0.15, -0.1) is 0 Å². The molecule has 1 unspecified atom stereocenters. The van der Waals surface area contributed by atoms with Gasteiger partial charge in [0, 0.05) is 24.0 Å². The molecular weight excluding hydrogens is 306 g/mol. The van der Waals surface area contributed by atoms with E-state index in [1.807, 2.05) is 43.0 Å². The zero-order chi connectivity index (χ0) is 13.8. The minimum atomic E-state index is 0.109. The van der Waals surface area contributed by atoms with E-state index in [1.54, 1.807) is 0 Å². The van der Waals surface area contributed by atoms with Gasteiger partial charge in [-0.3, -0.25) is 4.79 Å². The number of likely N-dealkylation sites (tertiary alicyclic amines) is 1. The lowest BCUT2D eigenvalue weighted by Gasteiger charge is -2.17. The van der Waals surface area contributed by atoms with Gasteiger partial charge in [0.1, 0.15) is 5.75 Å². The summed E-state index contributed by atoms with van der Waals surface area (Å²) in [5, 5.41) is 0.966. The summed E-state index contributed by atoms with van der Waals surface area (Å²) in [5.74, 6) is 1.45. The van der Waals surface area contributed by atoms with Crippen LogP contribution in [0.25, 0.3) is 0 Å². The van der Waals surface area contributed by atoms with Crippen LogP contribution in [0.4, 0.5) is 0 Å². The highest BCUT2D eigenvalue weighted by Crippen LogP contribution is 2.22. The molecule has 2 rings (SSSR count). The van der Waals surface area contributed by atoms with Crippen LogP contribution in [0.15, 0.2) is 24.3 Å². The van der Waals surface area contributed by atoms with Gasteiger partial charge in [0.25, 0.3) is 5.91 Å². The predicted octanol–water partition coefficient (Wildman–Crippen LogP) is 3.33. The van der Waals surface area contributed by atoms with Crippen molar-refractivity contribution in [2.75, 3.05) is 18.4 Å². The van der Waals surface area contributed by atoms with Crippen LogP contribution in [0.1, 0.15) is 30.6 Å². The summed E-state index contributed by atoms with van der Waals surface area (Å²) < 4.78 is 5.63. The fourth-order valence-electron chi connectivity index (χ4n) is 2.30. The molecule has 0 N–H and O–H groups in total. The van der Waals surface area contributed by atoms with Gasteiger partial charge in [-0.1, -0.05) is 22.0 Å². The number of ether oxygens (including phenoxy) is 1. The molecule has 4 heteroatoms. The van der Waals surface area contributed by atoms with Crippen molar-refractivity contribution in [2.24, 2.45) is 5.92 Å². The summed E-state index contributed by atoms with van der Waals surface area (Å²) in [7, 11) is 0. The van der Waals surface area contributed by atoms with Gasteiger partial charge in [-0.05, 0) is 44.4 Å². The summed E-state index contributed by atoms with van der Waals surface area (Å²) in [6.45, 7) is 5.66. The van der Waals surface area contributed by atoms with Crippen LogP contribution in [0.2, 0.25) is 0 Å². The van der Waals surface area contributed by atoms with E-state index in [4.69, 9.17) is 4.74 Å². The van der Waals surface area contributed by atoms with Crippen LogP contribution < -0.4 is 4.74 Å². The molecule has 1 aromatic carbocycles. The maximum atomic E-state index is 12.4. The van der Waals surface area contributed by atoms with Gasteiger partial charge in [0.2, 0.25) is 0 Å². The van der Waals surface area contributed by atoms with Gasteiger partial charge in [0.05, 0.1) is 6.10 Å². The average Bonchev–Trinajstić information content (AvgIpc) is 2.86. The molecule has 1 saturated heterocycles.